The zero-order valence-electron chi connectivity index (χ0n) is 10.6. The number of rotatable bonds is 5. The minimum Gasteiger partial charge on any atom is -0.481 e. The van der Waals surface area contributed by atoms with Crippen LogP contribution in [-0.4, -0.2) is 31.3 Å². The van der Waals surface area contributed by atoms with Crippen molar-refractivity contribution in [3.05, 3.63) is 29.8 Å². The Bertz CT molecular complexity index is 630. The molecule has 0 aliphatic heterocycles. The lowest BCUT2D eigenvalue weighted by Crippen LogP contribution is -2.16. The van der Waals surface area contributed by atoms with Crippen LogP contribution in [0.4, 0.5) is 8.78 Å². The van der Waals surface area contributed by atoms with Crippen molar-refractivity contribution in [2.24, 2.45) is 0 Å². The molecule has 1 aromatic heterocycles. The number of benzene rings is 1. The van der Waals surface area contributed by atoms with Crippen LogP contribution < -0.4 is 0 Å². The van der Waals surface area contributed by atoms with Crippen molar-refractivity contribution in [2.75, 3.05) is 0 Å². The predicted octanol–water partition coefficient (Wildman–Crippen LogP) is 2.04. The second-order valence-corrected chi connectivity index (χ2v) is 4.23. The summed E-state index contributed by atoms with van der Waals surface area (Å²) >= 11 is 0. The third kappa shape index (κ3) is 2.79. The zero-order valence-corrected chi connectivity index (χ0v) is 10.6. The van der Waals surface area contributed by atoms with Gasteiger partial charge in [-0.2, -0.15) is 0 Å². The minimum atomic E-state index is -1.02. The summed E-state index contributed by atoms with van der Waals surface area (Å²) in [6.45, 7) is 1.76. The summed E-state index contributed by atoms with van der Waals surface area (Å²) in [5, 5.41) is 19.6. The molecule has 1 aromatic carbocycles. The molecule has 0 amide bonds. The summed E-state index contributed by atoms with van der Waals surface area (Å²) in [6, 6.07) is 2.41. The Morgan fingerprint density at radius 2 is 2.20 bits per heavy atom. The van der Waals surface area contributed by atoms with Gasteiger partial charge in [-0.1, -0.05) is 6.92 Å². The Balaban J connectivity index is 2.46. The summed E-state index contributed by atoms with van der Waals surface area (Å²) in [4.78, 5) is 10.8. The van der Waals surface area contributed by atoms with Crippen molar-refractivity contribution in [3.8, 4) is 11.4 Å². The molecular formula is C12H12F2N4O2. The summed E-state index contributed by atoms with van der Waals surface area (Å²) in [5.74, 6) is -2.30. The molecular weight excluding hydrogens is 270 g/mol. The molecule has 0 aliphatic rings. The maximum Gasteiger partial charge on any atom is 0.305 e. The van der Waals surface area contributed by atoms with Gasteiger partial charge in [0.05, 0.1) is 18.0 Å². The van der Waals surface area contributed by atoms with Crippen LogP contribution in [0, 0.1) is 11.6 Å². The first-order chi connectivity index (χ1) is 9.52. The van der Waals surface area contributed by atoms with Crippen LogP contribution >= 0.6 is 0 Å². The fourth-order valence-corrected chi connectivity index (χ4v) is 1.89. The van der Waals surface area contributed by atoms with Gasteiger partial charge in [0.2, 0.25) is 0 Å². The average Bonchev–Trinajstić information content (AvgIpc) is 2.87. The van der Waals surface area contributed by atoms with Crippen LogP contribution in [0.5, 0.6) is 0 Å². The van der Waals surface area contributed by atoms with Crippen molar-refractivity contribution in [1.82, 2.24) is 20.2 Å². The maximum atomic E-state index is 13.8. The maximum absolute atomic E-state index is 13.8. The molecule has 106 valence electrons. The van der Waals surface area contributed by atoms with Crippen molar-refractivity contribution in [2.45, 2.75) is 25.8 Å². The first-order valence-electron chi connectivity index (χ1n) is 5.98. The molecule has 1 heterocycles. The summed E-state index contributed by atoms with van der Waals surface area (Å²) in [6.07, 6.45) is 0.243. The molecule has 2 rings (SSSR count). The molecule has 0 radical (unpaired) electrons. The van der Waals surface area contributed by atoms with Crippen LogP contribution in [-0.2, 0) is 4.79 Å². The lowest BCUT2D eigenvalue weighted by molar-refractivity contribution is -0.138. The number of hydrogen-bond acceptors (Lipinski definition) is 4. The van der Waals surface area contributed by atoms with E-state index in [1.807, 2.05) is 0 Å². The number of carboxylic acids is 1. The molecule has 0 spiro atoms. The first-order valence-corrected chi connectivity index (χ1v) is 5.98. The van der Waals surface area contributed by atoms with Crippen LogP contribution in [0.15, 0.2) is 18.2 Å². The number of tetrazole rings is 1. The number of nitrogens with zero attached hydrogens (tertiary/aromatic N) is 4. The van der Waals surface area contributed by atoms with E-state index in [2.05, 4.69) is 15.5 Å². The van der Waals surface area contributed by atoms with E-state index in [-0.39, 0.29) is 17.8 Å². The van der Waals surface area contributed by atoms with Crippen molar-refractivity contribution < 1.29 is 18.7 Å². The van der Waals surface area contributed by atoms with Crippen molar-refractivity contribution in [1.29, 1.82) is 0 Å². The third-order valence-corrected chi connectivity index (χ3v) is 2.89. The van der Waals surface area contributed by atoms with Gasteiger partial charge in [-0.15, -0.1) is 5.10 Å². The Labute approximate surface area is 113 Å². The van der Waals surface area contributed by atoms with Gasteiger partial charge in [0.1, 0.15) is 11.6 Å². The molecule has 20 heavy (non-hydrogen) atoms. The number of halogens is 2. The quantitative estimate of drug-likeness (QED) is 0.907. The highest BCUT2D eigenvalue weighted by Crippen LogP contribution is 2.25. The van der Waals surface area contributed by atoms with Gasteiger partial charge in [-0.25, -0.2) is 13.5 Å². The van der Waals surface area contributed by atoms with Gasteiger partial charge in [-0.3, -0.25) is 4.79 Å². The fourth-order valence-electron chi connectivity index (χ4n) is 1.89. The van der Waals surface area contributed by atoms with Gasteiger partial charge >= 0.3 is 5.97 Å². The summed E-state index contributed by atoms with van der Waals surface area (Å²) in [5.41, 5.74) is -0.0983. The van der Waals surface area contributed by atoms with Crippen molar-refractivity contribution in [3.63, 3.8) is 0 Å². The van der Waals surface area contributed by atoms with E-state index in [4.69, 9.17) is 5.11 Å². The Morgan fingerprint density at radius 1 is 1.45 bits per heavy atom. The topological polar surface area (TPSA) is 80.9 Å². The lowest BCUT2D eigenvalue weighted by atomic mass is 10.1. The molecule has 0 saturated heterocycles. The SMILES string of the molecule is CCC(CC(=O)O)n1nnnc1-c1cc(F)ccc1F. The monoisotopic (exact) mass is 282 g/mol. The molecule has 1 N–H and O–H groups in total. The Morgan fingerprint density at radius 3 is 2.85 bits per heavy atom. The van der Waals surface area contributed by atoms with E-state index in [1.165, 1.54) is 4.68 Å². The highest BCUT2D eigenvalue weighted by atomic mass is 19.1. The largest absolute Gasteiger partial charge is 0.481 e. The predicted molar refractivity (Wildman–Crippen MR) is 64.7 cm³/mol. The minimum absolute atomic E-state index is 0.00935. The number of carboxylic acid groups (broad SMARTS) is 1. The van der Waals surface area contributed by atoms with Gasteiger partial charge in [0.25, 0.3) is 0 Å². The number of aromatic nitrogens is 4. The zero-order chi connectivity index (χ0) is 14.7. The van der Waals surface area contributed by atoms with E-state index in [9.17, 15) is 13.6 Å². The van der Waals surface area contributed by atoms with Crippen LogP contribution in [0.1, 0.15) is 25.8 Å². The normalized spacial score (nSPS) is 12.3. The van der Waals surface area contributed by atoms with E-state index < -0.39 is 23.6 Å². The molecule has 1 unspecified atom stereocenters. The third-order valence-electron chi connectivity index (χ3n) is 2.89. The van der Waals surface area contributed by atoms with Gasteiger partial charge in [-0.05, 0) is 35.0 Å². The van der Waals surface area contributed by atoms with Gasteiger partial charge in [0.15, 0.2) is 5.82 Å². The number of hydrogen-bond donors (Lipinski definition) is 1. The molecule has 0 bridgehead atoms. The first kappa shape index (κ1) is 14.0. The number of carbonyl (C=O) groups is 1. The molecule has 2 aromatic rings. The van der Waals surface area contributed by atoms with Crippen LogP contribution in [0.3, 0.4) is 0 Å². The molecule has 0 saturated carbocycles. The van der Waals surface area contributed by atoms with E-state index in [0.29, 0.717) is 6.42 Å². The van der Waals surface area contributed by atoms with Crippen LogP contribution in [0.2, 0.25) is 0 Å². The smallest absolute Gasteiger partial charge is 0.305 e. The van der Waals surface area contributed by atoms with Crippen LogP contribution in [0.25, 0.3) is 11.4 Å². The molecule has 8 heteroatoms. The summed E-state index contributed by atoms with van der Waals surface area (Å²) in [7, 11) is 0. The Kier molecular flexibility index (Phi) is 4.02. The highest BCUT2D eigenvalue weighted by Gasteiger charge is 2.21. The van der Waals surface area contributed by atoms with E-state index in [0.717, 1.165) is 18.2 Å². The van der Waals surface area contributed by atoms with E-state index in [1.54, 1.807) is 6.92 Å². The number of aliphatic carboxylic acids is 1. The summed E-state index contributed by atoms with van der Waals surface area (Å²) < 4.78 is 28.2. The molecule has 0 fully saturated rings. The van der Waals surface area contributed by atoms with Gasteiger partial charge < -0.3 is 5.11 Å². The molecule has 0 aliphatic carbocycles. The van der Waals surface area contributed by atoms with Gasteiger partial charge in [0, 0.05) is 0 Å². The fraction of sp³-hybridized carbons (Fsp3) is 0.333. The second-order valence-electron chi connectivity index (χ2n) is 4.23. The van der Waals surface area contributed by atoms with E-state index >= 15 is 0 Å². The standard InChI is InChI=1S/C12H12F2N4O2/c1-2-8(6-11(19)20)18-12(15-16-17-18)9-5-7(13)3-4-10(9)14/h3-5,8H,2,6H2,1H3,(H,19,20). The second kappa shape index (κ2) is 5.72. The highest BCUT2D eigenvalue weighted by molar-refractivity contribution is 5.67. The molecule has 1 atom stereocenters. The lowest BCUT2D eigenvalue weighted by Gasteiger charge is -2.14. The Hall–Kier alpha value is -2.38. The average molecular weight is 282 g/mol. The molecule has 6 nitrogen and oxygen atoms in total. The van der Waals surface area contributed by atoms with Crippen molar-refractivity contribution >= 4 is 5.97 Å².